The fourth-order valence-corrected chi connectivity index (χ4v) is 3.58. The molecule has 1 aliphatic heterocycles. The Kier molecular flexibility index (Phi) is 8.30. The molecule has 9 heteroatoms. The summed E-state index contributed by atoms with van der Waals surface area (Å²) in [5.74, 6) is -0.310. The first kappa shape index (κ1) is 25.5. The Labute approximate surface area is 205 Å². The molecule has 0 unspecified atom stereocenters. The highest BCUT2D eigenvalue weighted by Gasteiger charge is 2.28. The molecule has 0 saturated heterocycles. The summed E-state index contributed by atoms with van der Waals surface area (Å²) in [6, 6.07) is 19.0. The number of hydrogen-bond donors (Lipinski definition) is 1. The van der Waals surface area contributed by atoms with Gasteiger partial charge in [-0.2, -0.15) is 18.5 Å². The molecule has 1 aliphatic rings. The highest BCUT2D eigenvalue weighted by atomic mass is 32.2. The Morgan fingerprint density at radius 1 is 0.943 bits per heavy atom. The van der Waals surface area contributed by atoms with Crippen molar-refractivity contribution in [1.29, 1.82) is 0 Å². The number of benzene rings is 2. The van der Waals surface area contributed by atoms with Crippen LogP contribution >= 0.6 is 0 Å². The largest absolute Gasteiger partial charge is 0.378 e. The summed E-state index contributed by atoms with van der Waals surface area (Å²) >= 11 is 0. The first-order chi connectivity index (χ1) is 16.7. The SMILES string of the molecule is CC1=NN(c2ccc(S(=O)(=O)O)cc2)C(=O)/C1=C\C=C\c1ccc(N(C)C)cc1.c1ccncc1. The number of carbonyl (C=O) groups excluding carboxylic acids is 1. The van der Waals surface area contributed by atoms with Gasteiger partial charge in [-0.1, -0.05) is 30.4 Å². The van der Waals surface area contributed by atoms with Gasteiger partial charge >= 0.3 is 0 Å². The molecule has 4 rings (SSSR count). The monoisotopic (exact) mass is 490 g/mol. The van der Waals surface area contributed by atoms with E-state index in [0.29, 0.717) is 17.0 Å². The number of hydrazone groups is 1. The van der Waals surface area contributed by atoms with Crippen LogP contribution in [-0.2, 0) is 14.9 Å². The van der Waals surface area contributed by atoms with Crippen molar-refractivity contribution in [3.8, 4) is 0 Å². The predicted octanol–water partition coefficient (Wildman–Crippen LogP) is 4.44. The molecule has 8 nitrogen and oxygen atoms in total. The molecule has 35 heavy (non-hydrogen) atoms. The number of rotatable bonds is 5. The number of aromatic nitrogens is 1. The molecule has 0 spiro atoms. The van der Waals surface area contributed by atoms with Gasteiger partial charge in [0.1, 0.15) is 0 Å². The van der Waals surface area contributed by atoms with Crippen LogP contribution in [0.3, 0.4) is 0 Å². The van der Waals surface area contributed by atoms with Crippen molar-refractivity contribution < 1.29 is 17.8 Å². The standard InChI is InChI=1S/C21H21N3O4S.C5H5N/c1-15-20(6-4-5-16-7-9-17(10-8-16)23(2)3)21(25)24(22-15)18-11-13-19(14-12-18)29(26,27)28;1-2-4-6-5-3-1/h4-14H,1-3H3,(H,26,27,28);1-5H/b5-4+,20-6-;. The Morgan fingerprint density at radius 3 is 2.06 bits per heavy atom. The molecular weight excluding hydrogens is 464 g/mol. The van der Waals surface area contributed by atoms with Gasteiger partial charge in [-0.05, 0) is 67.1 Å². The Balaban J connectivity index is 0.000000497. The maximum absolute atomic E-state index is 12.7. The third kappa shape index (κ3) is 6.95. The highest BCUT2D eigenvalue weighted by molar-refractivity contribution is 7.85. The second-order valence-electron chi connectivity index (χ2n) is 7.72. The number of nitrogens with zero attached hydrogens (tertiary/aromatic N) is 4. The van der Waals surface area contributed by atoms with E-state index in [9.17, 15) is 13.2 Å². The van der Waals surface area contributed by atoms with Crippen LogP contribution in [0.4, 0.5) is 11.4 Å². The van der Waals surface area contributed by atoms with Crippen LogP contribution < -0.4 is 9.91 Å². The van der Waals surface area contributed by atoms with Crippen molar-refractivity contribution in [3.05, 3.63) is 102 Å². The molecule has 0 atom stereocenters. The van der Waals surface area contributed by atoms with Crippen LogP contribution in [0.2, 0.25) is 0 Å². The summed E-state index contributed by atoms with van der Waals surface area (Å²) in [6.45, 7) is 1.73. The van der Waals surface area contributed by atoms with Crippen molar-refractivity contribution >= 4 is 39.2 Å². The summed E-state index contributed by atoms with van der Waals surface area (Å²) in [6.07, 6.45) is 8.89. The summed E-state index contributed by atoms with van der Waals surface area (Å²) in [5, 5.41) is 5.45. The number of anilines is 2. The van der Waals surface area contributed by atoms with Gasteiger partial charge in [0, 0.05) is 32.2 Å². The van der Waals surface area contributed by atoms with E-state index in [1.807, 2.05) is 67.5 Å². The van der Waals surface area contributed by atoms with Gasteiger partial charge in [-0.15, -0.1) is 0 Å². The maximum Gasteiger partial charge on any atom is 0.294 e. The lowest BCUT2D eigenvalue weighted by molar-refractivity contribution is -0.114. The van der Waals surface area contributed by atoms with Crippen molar-refractivity contribution in [2.45, 2.75) is 11.8 Å². The molecule has 0 fully saturated rings. The van der Waals surface area contributed by atoms with E-state index < -0.39 is 10.1 Å². The molecule has 0 bridgehead atoms. The van der Waals surface area contributed by atoms with Crippen molar-refractivity contribution in [2.24, 2.45) is 5.10 Å². The van der Waals surface area contributed by atoms with E-state index in [1.54, 1.807) is 31.5 Å². The molecule has 0 aliphatic carbocycles. The van der Waals surface area contributed by atoms with Gasteiger partial charge in [-0.25, -0.2) is 0 Å². The number of carbonyl (C=O) groups is 1. The average Bonchev–Trinajstić information content (AvgIpc) is 3.14. The van der Waals surface area contributed by atoms with Gasteiger partial charge < -0.3 is 4.90 Å². The minimum absolute atomic E-state index is 0.243. The van der Waals surface area contributed by atoms with Crippen LogP contribution in [0, 0.1) is 0 Å². The number of hydrogen-bond acceptors (Lipinski definition) is 6. The van der Waals surface area contributed by atoms with Crippen LogP contribution in [0.25, 0.3) is 6.08 Å². The lowest BCUT2D eigenvalue weighted by Gasteiger charge is -2.12. The molecule has 1 amide bonds. The molecule has 0 saturated carbocycles. The van der Waals surface area contributed by atoms with Crippen LogP contribution in [0.15, 0.2) is 107 Å². The van der Waals surface area contributed by atoms with E-state index in [4.69, 9.17) is 4.55 Å². The first-order valence-corrected chi connectivity index (χ1v) is 12.1. The molecule has 180 valence electrons. The zero-order valence-electron chi connectivity index (χ0n) is 19.6. The summed E-state index contributed by atoms with van der Waals surface area (Å²) in [4.78, 5) is 18.3. The van der Waals surface area contributed by atoms with E-state index in [2.05, 4.69) is 10.1 Å². The lowest BCUT2D eigenvalue weighted by atomic mass is 10.1. The number of allylic oxidation sites excluding steroid dienone is 2. The number of pyridine rings is 1. The summed E-state index contributed by atoms with van der Waals surface area (Å²) in [5.41, 5.74) is 3.52. The smallest absolute Gasteiger partial charge is 0.294 e. The van der Waals surface area contributed by atoms with Gasteiger partial charge in [0.05, 0.1) is 21.9 Å². The zero-order chi connectivity index (χ0) is 25.4. The molecular formula is C26H26N4O4S. The molecule has 2 heterocycles. The summed E-state index contributed by atoms with van der Waals surface area (Å²) in [7, 11) is -0.332. The third-order valence-corrected chi connectivity index (χ3v) is 5.84. The minimum Gasteiger partial charge on any atom is -0.378 e. The van der Waals surface area contributed by atoms with Gasteiger partial charge in [-0.3, -0.25) is 14.3 Å². The lowest BCUT2D eigenvalue weighted by Crippen LogP contribution is -2.21. The predicted molar refractivity (Wildman–Crippen MR) is 139 cm³/mol. The fourth-order valence-electron chi connectivity index (χ4n) is 3.10. The van der Waals surface area contributed by atoms with Crippen LogP contribution in [0.1, 0.15) is 12.5 Å². The average molecular weight is 491 g/mol. The molecule has 1 N–H and O–H groups in total. The minimum atomic E-state index is -4.29. The highest BCUT2D eigenvalue weighted by Crippen LogP contribution is 2.25. The maximum atomic E-state index is 12.7. The van der Waals surface area contributed by atoms with Crippen molar-refractivity contribution in [3.63, 3.8) is 0 Å². The van der Waals surface area contributed by atoms with Gasteiger partial charge in [0.15, 0.2) is 0 Å². The van der Waals surface area contributed by atoms with Gasteiger partial charge in [0.25, 0.3) is 16.0 Å². The normalized spacial score (nSPS) is 14.6. The molecule has 2 aromatic carbocycles. The summed E-state index contributed by atoms with van der Waals surface area (Å²) < 4.78 is 31.4. The van der Waals surface area contributed by atoms with Crippen LogP contribution in [-0.4, -0.2) is 43.7 Å². The van der Waals surface area contributed by atoms with E-state index in [-0.39, 0.29) is 10.8 Å². The van der Waals surface area contributed by atoms with E-state index in [1.165, 1.54) is 29.3 Å². The second-order valence-corrected chi connectivity index (χ2v) is 9.14. The Hall–Kier alpha value is -4.08. The van der Waals surface area contributed by atoms with Crippen molar-refractivity contribution in [1.82, 2.24) is 4.98 Å². The fraction of sp³-hybridized carbons (Fsp3) is 0.115. The Bertz CT molecular complexity index is 1320. The third-order valence-electron chi connectivity index (χ3n) is 4.97. The molecule has 3 aromatic rings. The van der Waals surface area contributed by atoms with E-state index >= 15 is 0 Å². The quantitative estimate of drug-likeness (QED) is 0.419. The zero-order valence-corrected chi connectivity index (χ0v) is 20.4. The topological polar surface area (TPSA) is 103 Å². The van der Waals surface area contributed by atoms with Crippen LogP contribution in [0.5, 0.6) is 0 Å². The number of amides is 1. The van der Waals surface area contributed by atoms with Crippen molar-refractivity contribution in [2.75, 3.05) is 24.0 Å². The molecule has 0 radical (unpaired) electrons. The first-order valence-electron chi connectivity index (χ1n) is 10.6. The Morgan fingerprint density at radius 2 is 1.57 bits per heavy atom. The second kappa shape index (κ2) is 11.4. The van der Waals surface area contributed by atoms with Gasteiger partial charge in [0.2, 0.25) is 0 Å². The molecule has 1 aromatic heterocycles. The van der Waals surface area contributed by atoms with E-state index in [0.717, 1.165) is 11.3 Å².